The van der Waals surface area contributed by atoms with Gasteiger partial charge < -0.3 is 4.74 Å². The minimum Gasteiger partial charge on any atom is -0.481 e. The second-order valence-corrected chi connectivity index (χ2v) is 3.35. The van der Waals surface area contributed by atoms with Crippen molar-refractivity contribution in [3.05, 3.63) is 22.9 Å². The number of aromatic nitrogens is 1. The Labute approximate surface area is 89.4 Å². The standard InChI is InChI=1S/C9H10BrF2NO/c1-5-3-6(8(11)12)9(14-2)13-7(5)4-10/h3,8H,4H2,1-2H3. The van der Waals surface area contributed by atoms with E-state index in [0.717, 1.165) is 5.56 Å². The predicted molar refractivity (Wildman–Crippen MR) is 53.1 cm³/mol. The molecule has 0 spiro atoms. The highest BCUT2D eigenvalue weighted by atomic mass is 79.9. The molecule has 0 aliphatic rings. The summed E-state index contributed by atoms with van der Waals surface area (Å²) in [5.41, 5.74) is 1.29. The zero-order chi connectivity index (χ0) is 10.7. The van der Waals surface area contributed by atoms with E-state index in [1.54, 1.807) is 6.92 Å². The maximum Gasteiger partial charge on any atom is 0.269 e. The van der Waals surface area contributed by atoms with Crippen LogP contribution in [-0.4, -0.2) is 12.1 Å². The van der Waals surface area contributed by atoms with E-state index in [0.29, 0.717) is 11.0 Å². The summed E-state index contributed by atoms with van der Waals surface area (Å²) in [7, 11) is 1.33. The van der Waals surface area contributed by atoms with Crippen molar-refractivity contribution in [3.8, 4) is 5.88 Å². The molecule has 0 aliphatic heterocycles. The molecule has 78 valence electrons. The van der Waals surface area contributed by atoms with Crippen LogP contribution in [0.3, 0.4) is 0 Å². The summed E-state index contributed by atoms with van der Waals surface area (Å²) in [5, 5.41) is 0.526. The SMILES string of the molecule is COc1nc(CBr)c(C)cc1C(F)F. The highest BCUT2D eigenvalue weighted by Crippen LogP contribution is 2.29. The molecule has 0 aliphatic carbocycles. The van der Waals surface area contributed by atoms with Gasteiger partial charge in [-0.1, -0.05) is 15.9 Å². The van der Waals surface area contributed by atoms with E-state index < -0.39 is 6.43 Å². The van der Waals surface area contributed by atoms with Crippen molar-refractivity contribution in [2.75, 3.05) is 7.11 Å². The number of methoxy groups -OCH3 is 1. The van der Waals surface area contributed by atoms with Gasteiger partial charge in [0.15, 0.2) is 0 Å². The molecule has 0 fully saturated rings. The highest BCUT2D eigenvalue weighted by molar-refractivity contribution is 9.08. The first kappa shape index (κ1) is 11.4. The molecule has 0 saturated carbocycles. The topological polar surface area (TPSA) is 22.1 Å². The number of aryl methyl sites for hydroxylation is 1. The quantitative estimate of drug-likeness (QED) is 0.783. The molecule has 5 heteroatoms. The average Bonchev–Trinajstić information content (AvgIpc) is 2.17. The van der Waals surface area contributed by atoms with Crippen molar-refractivity contribution in [2.45, 2.75) is 18.7 Å². The molecule has 0 N–H and O–H groups in total. The van der Waals surface area contributed by atoms with Gasteiger partial charge in [-0.25, -0.2) is 13.8 Å². The van der Waals surface area contributed by atoms with E-state index in [2.05, 4.69) is 20.9 Å². The fraction of sp³-hybridized carbons (Fsp3) is 0.444. The third-order valence-corrected chi connectivity index (χ3v) is 2.40. The van der Waals surface area contributed by atoms with Gasteiger partial charge in [-0.2, -0.15) is 0 Å². The molecule has 0 atom stereocenters. The molecular weight excluding hydrogens is 256 g/mol. The maximum absolute atomic E-state index is 12.5. The van der Waals surface area contributed by atoms with Crippen LogP contribution in [-0.2, 0) is 5.33 Å². The number of alkyl halides is 3. The minimum absolute atomic E-state index is 0.0000463. The lowest BCUT2D eigenvalue weighted by atomic mass is 10.1. The van der Waals surface area contributed by atoms with Crippen LogP contribution in [0, 0.1) is 6.92 Å². The van der Waals surface area contributed by atoms with E-state index in [1.807, 2.05) is 0 Å². The second kappa shape index (κ2) is 4.68. The Morgan fingerprint density at radius 3 is 2.64 bits per heavy atom. The summed E-state index contributed by atoms with van der Waals surface area (Å²) in [4.78, 5) is 3.98. The van der Waals surface area contributed by atoms with Gasteiger partial charge in [0.25, 0.3) is 6.43 Å². The number of hydrogen-bond donors (Lipinski definition) is 0. The van der Waals surface area contributed by atoms with Crippen molar-refractivity contribution in [2.24, 2.45) is 0 Å². The van der Waals surface area contributed by atoms with Crippen molar-refractivity contribution in [1.82, 2.24) is 4.98 Å². The summed E-state index contributed by atoms with van der Waals surface area (Å²) in [6.45, 7) is 1.74. The maximum atomic E-state index is 12.5. The van der Waals surface area contributed by atoms with Crippen LogP contribution < -0.4 is 4.74 Å². The Morgan fingerprint density at radius 2 is 2.21 bits per heavy atom. The van der Waals surface area contributed by atoms with Crippen LogP contribution in [0.1, 0.15) is 23.2 Å². The number of halogens is 3. The lowest BCUT2D eigenvalue weighted by Gasteiger charge is -2.10. The first-order valence-corrected chi connectivity index (χ1v) is 5.10. The molecule has 2 nitrogen and oxygen atoms in total. The number of rotatable bonds is 3. The van der Waals surface area contributed by atoms with Gasteiger partial charge in [0, 0.05) is 5.33 Å². The van der Waals surface area contributed by atoms with Crippen LogP contribution in [0.2, 0.25) is 0 Å². The van der Waals surface area contributed by atoms with E-state index in [9.17, 15) is 8.78 Å². The smallest absolute Gasteiger partial charge is 0.269 e. The third kappa shape index (κ3) is 2.20. The minimum atomic E-state index is -2.56. The third-order valence-electron chi connectivity index (χ3n) is 1.87. The van der Waals surface area contributed by atoms with Gasteiger partial charge in [0.1, 0.15) is 0 Å². The number of ether oxygens (including phenoxy) is 1. The van der Waals surface area contributed by atoms with Gasteiger partial charge in [0.05, 0.1) is 18.4 Å². The second-order valence-electron chi connectivity index (χ2n) is 2.78. The Balaban J connectivity index is 3.24. The molecule has 1 aromatic rings. The highest BCUT2D eigenvalue weighted by Gasteiger charge is 2.17. The summed E-state index contributed by atoms with van der Waals surface area (Å²) in [5.74, 6) is 0.0000463. The molecule has 1 aromatic heterocycles. The Morgan fingerprint density at radius 1 is 1.57 bits per heavy atom. The fourth-order valence-corrected chi connectivity index (χ4v) is 1.68. The normalized spacial score (nSPS) is 10.7. The first-order chi connectivity index (χ1) is 6.60. The molecule has 1 heterocycles. The van der Waals surface area contributed by atoms with Gasteiger partial charge in [-0.05, 0) is 18.6 Å². The molecule has 0 aromatic carbocycles. The summed E-state index contributed by atoms with van der Waals surface area (Å²) >= 11 is 3.23. The van der Waals surface area contributed by atoms with E-state index in [4.69, 9.17) is 4.74 Å². The average molecular weight is 266 g/mol. The summed E-state index contributed by atoms with van der Waals surface area (Å²) < 4.78 is 29.8. The van der Waals surface area contributed by atoms with Crippen LogP contribution in [0.4, 0.5) is 8.78 Å². The number of pyridine rings is 1. The van der Waals surface area contributed by atoms with E-state index >= 15 is 0 Å². The van der Waals surface area contributed by atoms with Crippen LogP contribution in [0.25, 0.3) is 0 Å². The van der Waals surface area contributed by atoms with Crippen molar-refractivity contribution in [3.63, 3.8) is 0 Å². The molecule has 0 unspecified atom stereocenters. The number of hydrogen-bond acceptors (Lipinski definition) is 2. The van der Waals surface area contributed by atoms with Gasteiger partial charge in [0.2, 0.25) is 5.88 Å². The van der Waals surface area contributed by atoms with Gasteiger partial charge >= 0.3 is 0 Å². The van der Waals surface area contributed by atoms with Crippen LogP contribution >= 0.6 is 15.9 Å². The van der Waals surface area contributed by atoms with Crippen molar-refractivity contribution in [1.29, 1.82) is 0 Å². The fourth-order valence-electron chi connectivity index (χ4n) is 1.11. The lowest BCUT2D eigenvalue weighted by Crippen LogP contribution is -2.00. The monoisotopic (exact) mass is 265 g/mol. The van der Waals surface area contributed by atoms with E-state index in [-0.39, 0.29) is 11.4 Å². The largest absolute Gasteiger partial charge is 0.481 e. The Hall–Kier alpha value is -0.710. The van der Waals surface area contributed by atoms with Crippen molar-refractivity contribution < 1.29 is 13.5 Å². The number of nitrogens with zero attached hydrogens (tertiary/aromatic N) is 1. The Bertz CT molecular complexity index is 331. The molecule has 0 radical (unpaired) electrons. The summed E-state index contributed by atoms with van der Waals surface area (Å²) in [6.07, 6.45) is -2.56. The zero-order valence-electron chi connectivity index (χ0n) is 7.85. The lowest BCUT2D eigenvalue weighted by molar-refractivity contribution is 0.146. The van der Waals surface area contributed by atoms with Gasteiger partial charge in [-0.3, -0.25) is 0 Å². The van der Waals surface area contributed by atoms with Crippen LogP contribution in [0.15, 0.2) is 6.07 Å². The van der Waals surface area contributed by atoms with Crippen molar-refractivity contribution >= 4 is 15.9 Å². The molecular formula is C9H10BrF2NO. The van der Waals surface area contributed by atoms with Crippen LogP contribution in [0.5, 0.6) is 5.88 Å². The Kier molecular flexibility index (Phi) is 3.80. The zero-order valence-corrected chi connectivity index (χ0v) is 9.44. The first-order valence-electron chi connectivity index (χ1n) is 3.98. The predicted octanol–water partition coefficient (Wildman–Crippen LogP) is 3.23. The summed E-state index contributed by atoms with van der Waals surface area (Å²) in [6, 6.07) is 1.41. The molecule has 14 heavy (non-hydrogen) atoms. The molecule has 0 saturated heterocycles. The molecule has 0 amide bonds. The van der Waals surface area contributed by atoms with E-state index in [1.165, 1.54) is 13.2 Å². The molecule has 1 rings (SSSR count). The molecule has 0 bridgehead atoms. The van der Waals surface area contributed by atoms with Gasteiger partial charge in [-0.15, -0.1) is 0 Å².